The highest BCUT2D eigenvalue weighted by molar-refractivity contribution is 7.91. The predicted octanol–water partition coefficient (Wildman–Crippen LogP) is 3.80. The van der Waals surface area contributed by atoms with Crippen molar-refractivity contribution in [2.24, 2.45) is 0 Å². The smallest absolute Gasteiger partial charge is 0.337 e. The van der Waals surface area contributed by atoms with E-state index in [2.05, 4.69) is 21.2 Å². The van der Waals surface area contributed by atoms with Crippen LogP contribution in [0.2, 0.25) is 0 Å². The lowest BCUT2D eigenvalue weighted by molar-refractivity contribution is 0.254. The molecule has 1 aromatic heterocycles. The van der Waals surface area contributed by atoms with E-state index < -0.39 is 15.9 Å². The van der Waals surface area contributed by atoms with E-state index in [1.165, 1.54) is 13.2 Å². The number of carbonyl (C=O) groups excluding carboxylic acids is 1. The van der Waals surface area contributed by atoms with Crippen LogP contribution in [0.25, 0.3) is 10.9 Å². The summed E-state index contributed by atoms with van der Waals surface area (Å²) in [5.74, 6) is 0.799. The first-order valence-electron chi connectivity index (χ1n) is 9.36. The Morgan fingerprint density at radius 1 is 1.10 bits per heavy atom. The third-order valence-electron chi connectivity index (χ3n) is 4.72. The summed E-state index contributed by atoms with van der Waals surface area (Å²) in [7, 11) is -1.95. The largest absolute Gasteiger partial charge is 0.494 e. The van der Waals surface area contributed by atoms with Crippen LogP contribution >= 0.6 is 0 Å². The van der Waals surface area contributed by atoms with Gasteiger partial charge in [-0.05, 0) is 49.2 Å². The molecule has 3 aromatic rings. The maximum absolute atomic E-state index is 12.5. The van der Waals surface area contributed by atoms with Crippen LogP contribution in [0.3, 0.4) is 0 Å². The van der Waals surface area contributed by atoms with Gasteiger partial charge in [0.2, 0.25) is 0 Å². The Morgan fingerprint density at radius 3 is 2.50 bits per heavy atom. The second-order valence-corrected chi connectivity index (χ2v) is 8.99. The summed E-state index contributed by atoms with van der Waals surface area (Å²) >= 11 is 0. The number of rotatable bonds is 6. The number of methoxy groups -OCH3 is 1. The molecule has 0 bridgehead atoms. The van der Waals surface area contributed by atoms with Gasteiger partial charge in [0.05, 0.1) is 17.8 Å². The second kappa shape index (κ2) is 8.58. The minimum absolute atomic E-state index is 0.0197. The number of ether oxygens (including phenoxy) is 1. The Labute approximate surface area is 175 Å². The Morgan fingerprint density at radius 2 is 1.83 bits per heavy atom. The number of fused-ring (bicyclic) bond motifs is 1. The third kappa shape index (κ3) is 4.30. The number of urea groups is 1. The molecule has 0 unspecified atom stereocenters. The average Bonchev–Trinajstić information content (AvgIpc) is 2.73. The lowest BCUT2D eigenvalue weighted by atomic mass is 10.1. The van der Waals surface area contributed by atoms with Gasteiger partial charge in [-0.15, -0.1) is 0 Å². The van der Waals surface area contributed by atoms with Crippen molar-refractivity contribution in [1.82, 2.24) is 10.4 Å². The molecule has 158 valence electrons. The number of amides is 2. The minimum Gasteiger partial charge on any atom is -0.494 e. The number of hydrogen-bond acceptors (Lipinski definition) is 6. The summed E-state index contributed by atoms with van der Waals surface area (Å²) in [6.45, 7) is 5.27. The van der Waals surface area contributed by atoms with E-state index in [1.807, 2.05) is 25.1 Å². The number of carbonyl (C=O) groups is 1. The summed E-state index contributed by atoms with van der Waals surface area (Å²) < 4.78 is 30.3. The van der Waals surface area contributed by atoms with Crippen molar-refractivity contribution in [3.63, 3.8) is 0 Å². The molecule has 0 aliphatic carbocycles. The molecule has 2 aromatic carbocycles. The summed E-state index contributed by atoms with van der Waals surface area (Å²) in [5, 5.41) is 3.23. The van der Waals surface area contributed by atoms with E-state index in [4.69, 9.17) is 4.74 Å². The number of nitrogens with one attached hydrogen (secondary N) is 3. The number of hydrogen-bond donors (Lipinski definition) is 3. The number of anilines is 2. The molecule has 0 fully saturated rings. The normalized spacial score (nSPS) is 11.2. The zero-order valence-electron chi connectivity index (χ0n) is 17.2. The molecule has 0 aliphatic rings. The molecule has 30 heavy (non-hydrogen) atoms. The quantitative estimate of drug-likeness (QED) is 0.515. The molecule has 0 aliphatic heterocycles. The maximum Gasteiger partial charge on any atom is 0.337 e. The summed E-state index contributed by atoms with van der Waals surface area (Å²) in [6.07, 6.45) is 0. The molecule has 0 saturated carbocycles. The van der Waals surface area contributed by atoms with E-state index >= 15 is 0 Å². The molecule has 0 radical (unpaired) electrons. The van der Waals surface area contributed by atoms with Gasteiger partial charge in [0.1, 0.15) is 17.1 Å². The number of aryl methyl sites for hydroxylation is 2. The maximum atomic E-state index is 12.5. The average molecular weight is 429 g/mol. The van der Waals surface area contributed by atoms with Gasteiger partial charge in [0, 0.05) is 11.1 Å². The first kappa shape index (κ1) is 21.4. The van der Waals surface area contributed by atoms with Crippen LogP contribution in [0.5, 0.6) is 5.75 Å². The lowest BCUT2D eigenvalue weighted by Gasteiger charge is -2.15. The van der Waals surface area contributed by atoms with Crippen LogP contribution in [0, 0.1) is 13.8 Å². The highest BCUT2D eigenvalue weighted by atomic mass is 32.2. The van der Waals surface area contributed by atoms with Crippen molar-refractivity contribution in [2.75, 3.05) is 23.6 Å². The van der Waals surface area contributed by atoms with E-state index in [1.54, 1.807) is 32.0 Å². The molecule has 1 heterocycles. The number of aromatic nitrogens is 1. The predicted molar refractivity (Wildman–Crippen MR) is 118 cm³/mol. The van der Waals surface area contributed by atoms with Gasteiger partial charge in [-0.1, -0.05) is 25.1 Å². The van der Waals surface area contributed by atoms with Gasteiger partial charge in [0.25, 0.3) is 0 Å². The van der Waals surface area contributed by atoms with E-state index in [-0.39, 0.29) is 10.6 Å². The molecule has 0 saturated heterocycles. The molecule has 8 nitrogen and oxygen atoms in total. The molecule has 3 rings (SSSR count). The van der Waals surface area contributed by atoms with Gasteiger partial charge in [-0.2, -0.15) is 0 Å². The van der Waals surface area contributed by atoms with E-state index in [9.17, 15) is 13.2 Å². The van der Waals surface area contributed by atoms with Crippen molar-refractivity contribution in [1.29, 1.82) is 0 Å². The van der Waals surface area contributed by atoms with Crippen molar-refractivity contribution in [3.8, 4) is 5.75 Å². The van der Waals surface area contributed by atoms with Crippen LogP contribution in [-0.4, -0.2) is 32.3 Å². The van der Waals surface area contributed by atoms with Gasteiger partial charge < -0.3 is 10.1 Å². The number of sulfone groups is 1. The molecular weight excluding hydrogens is 404 g/mol. The van der Waals surface area contributed by atoms with Gasteiger partial charge in [-0.3, -0.25) is 10.9 Å². The first-order valence-corrected chi connectivity index (χ1v) is 11.0. The fourth-order valence-electron chi connectivity index (χ4n) is 3.01. The summed E-state index contributed by atoms with van der Waals surface area (Å²) in [6, 6.07) is 11.8. The van der Waals surface area contributed by atoms with E-state index in [0.717, 1.165) is 5.56 Å². The highest BCUT2D eigenvalue weighted by Gasteiger charge is 2.19. The van der Waals surface area contributed by atoms with Crippen molar-refractivity contribution in [2.45, 2.75) is 25.7 Å². The van der Waals surface area contributed by atoms with Crippen molar-refractivity contribution in [3.05, 3.63) is 53.6 Å². The van der Waals surface area contributed by atoms with Gasteiger partial charge in [-0.25, -0.2) is 18.2 Å². The Bertz CT molecular complexity index is 1210. The highest BCUT2D eigenvalue weighted by Crippen LogP contribution is 2.32. The van der Waals surface area contributed by atoms with Gasteiger partial charge in [0.15, 0.2) is 9.84 Å². The molecule has 0 atom stereocenters. The number of para-hydroxylation sites is 1. The Hall–Kier alpha value is -3.33. The topological polar surface area (TPSA) is 109 Å². The minimum atomic E-state index is -3.44. The fraction of sp³-hybridized carbons (Fsp3) is 0.238. The van der Waals surface area contributed by atoms with Crippen LogP contribution in [-0.2, 0) is 9.84 Å². The molecule has 3 N–H and O–H groups in total. The summed E-state index contributed by atoms with van der Waals surface area (Å²) in [5.41, 5.74) is 8.02. The molecule has 0 spiro atoms. The number of hydrazine groups is 1. The van der Waals surface area contributed by atoms with Crippen LogP contribution < -0.4 is 20.9 Å². The molecule has 2 amide bonds. The first-order chi connectivity index (χ1) is 14.3. The monoisotopic (exact) mass is 428 g/mol. The van der Waals surface area contributed by atoms with Crippen LogP contribution in [0.15, 0.2) is 47.4 Å². The zero-order valence-corrected chi connectivity index (χ0v) is 18.1. The number of nitrogens with zero attached hydrogens (tertiary/aromatic N) is 1. The third-order valence-corrected chi connectivity index (χ3v) is 6.51. The molecule has 9 heteroatoms. The van der Waals surface area contributed by atoms with Crippen molar-refractivity contribution < 1.29 is 17.9 Å². The second-order valence-electron chi connectivity index (χ2n) is 6.74. The van der Waals surface area contributed by atoms with Gasteiger partial charge >= 0.3 is 6.03 Å². The lowest BCUT2D eigenvalue weighted by Crippen LogP contribution is -2.34. The SMILES string of the molecule is CCS(=O)(=O)c1ccc(OC)c2nc(NNC(=O)Nc3ccccc3C)c(C)cc12. The standard InChI is InChI=1S/C21H24N4O4S/c1-5-30(27,28)18-11-10-17(29-4)19-15(18)12-14(3)20(23-19)24-25-21(26)22-16-9-7-6-8-13(16)2/h6-12H,5H2,1-4H3,(H,23,24)(H2,22,25,26). The number of benzene rings is 2. The number of pyridine rings is 1. The van der Waals surface area contributed by atoms with Crippen molar-refractivity contribution >= 4 is 38.3 Å². The Kier molecular flexibility index (Phi) is 6.12. The zero-order chi connectivity index (χ0) is 21.9. The van der Waals surface area contributed by atoms with Crippen LogP contribution in [0.1, 0.15) is 18.1 Å². The fourth-order valence-corrected chi connectivity index (χ4v) is 4.09. The molecular formula is C21H24N4O4S. The Balaban J connectivity index is 1.91. The van der Waals surface area contributed by atoms with E-state index in [0.29, 0.717) is 33.7 Å². The van der Waals surface area contributed by atoms with Crippen LogP contribution in [0.4, 0.5) is 16.3 Å². The summed E-state index contributed by atoms with van der Waals surface area (Å²) in [4.78, 5) is 17.0.